The first kappa shape index (κ1) is 12.2. The van der Waals surface area contributed by atoms with Gasteiger partial charge >= 0.3 is 5.97 Å². The molecule has 2 rings (SSSR count). The average Bonchev–Trinajstić information content (AvgIpc) is 2.80. The van der Waals surface area contributed by atoms with Gasteiger partial charge in [0.25, 0.3) is 0 Å². The fourth-order valence-electron chi connectivity index (χ4n) is 1.61. The highest BCUT2D eigenvalue weighted by molar-refractivity contribution is 5.88. The Kier molecular flexibility index (Phi) is 3.10. The lowest BCUT2D eigenvalue weighted by Gasteiger charge is -2.03. The van der Waals surface area contributed by atoms with Crippen molar-refractivity contribution in [1.82, 2.24) is 9.78 Å². The molecule has 18 heavy (non-hydrogen) atoms. The second-order valence-electron chi connectivity index (χ2n) is 3.68. The molecule has 2 aromatic rings. The van der Waals surface area contributed by atoms with Gasteiger partial charge in [-0.05, 0) is 13.0 Å². The minimum atomic E-state index is -1.50. The Hall–Kier alpha value is -2.24. The van der Waals surface area contributed by atoms with E-state index in [1.54, 1.807) is 10.9 Å². The van der Waals surface area contributed by atoms with Crippen molar-refractivity contribution in [3.8, 4) is 11.1 Å². The monoisotopic (exact) mass is 252 g/mol. The first-order valence-corrected chi connectivity index (χ1v) is 5.28. The van der Waals surface area contributed by atoms with Gasteiger partial charge in [0.2, 0.25) is 0 Å². The molecule has 1 aromatic heterocycles. The molecular weight excluding hydrogens is 242 g/mol. The molecular formula is C12H10F2N2O2. The largest absolute Gasteiger partial charge is 0.478 e. The standard InChI is InChI=1S/C12H10F2N2O2/c1-2-16-6-7(5-15-16)8-3-4-9(12(17)18)11(14)10(8)13/h3-6H,2H2,1H3,(H,17,18). The summed E-state index contributed by atoms with van der Waals surface area (Å²) >= 11 is 0. The maximum atomic E-state index is 13.7. The lowest BCUT2D eigenvalue weighted by atomic mass is 10.1. The normalized spacial score (nSPS) is 10.6. The van der Waals surface area contributed by atoms with Gasteiger partial charge in [0.05, 0.1) is 11.8 Å². The molecule has 6 heteroatoms. The summed E-state index contributed by atoms with van der Waals surface area (Å²) in [6, 6.07) is 2.28. The molecule has 1 N–H and O–H groups in total. The molecule has 1 aromatic carbocycles. The highest BCUT2D eigenvalue weighted by Crippen LogP contribution is 2.26. The number of nitrogens with zero attached hydrogens (tertiary/aromatic N) is 2. The Morgan fingerprint density at radius 1 is 1.39 bits per heavy atom. The average molecular weight is 252 g/mol. The van der Waals surface area contributed by atoms with E-state index < -0.39 is 23.2 Å². The minimum absolute atomic E-state index is 0.00259. The van der Waals surface area contributed by atoms with E-state index in [9.17, 15) is 13.6 Å². The van der Waals surface area contributed by atoms with Gasteiger partial charge in [0.1, 0.15) is 0 Å². The van der Waals surface area contributed by atoms with Crippen LogP contribution in [0.25, 0.3) is 11.1 Å². The Balaban J connectivity index is 2.53. The van der Waals surface area contributed by atoms with Crippen LogP contribution in [0.3, 0.4) is 0 Å². The molecule has 0 bridgehead atoms. The van der Waals surface area contributed by atoms with E-state index in [-0.39, 0.29) is 5.56 Å². The summed E-state index contributed by atoms with van der Waals surface area (Å²) in [5.74, 6) is -4.03. The van der Waals surface area contributed by atoms with Crippen molar-refractivity contribution in [1.29, 1.82) is 0 Å². The molecule has 0 aliphatic rings. The molecule has 0 amide bonds. The van der Waals surface area contributed by atoms with Crippen LogP contribution in [0.5, 0.6) is 0 Å². The molecule has 1 heterocycles. The van der Waals surface area contributed by atoms with E-state index in [1.165, 1.54) is 12.3 Å². The zero-order valence-corrected chi connectivity index (χ0v) is 9.52. The first-order valence-electron chi connectivity index (χ1n) is 5.28. The van der Waals surface area contributed by atoms with Crippen LogP contribution in [0, 0.1) is 11.6 Å². The van der Waals surface area contributed by atoms with Crippen LogP contribution in [-0.2, 0) is 6.54 Å². The molecule has 0 unspecified atom stereocenters. The number of hydrogen-bond donors (Lipinski definition) is 1. The van der Waals surface area contributed by atoms with Crippen LogP contribution < -0.4 is 0 Å². The van der Waals surface area contributed by atoms with Crippen LogP contribution in [0.15, 0.2) is 24.5 Å². The van der Waals surface area contributed by atoms with E-state index in [0.29, 0.717) is 12.1 Å². The summed E-state index contributed by atoms with van der Waals surface area (Å²) in [5, 5.41) is 12.6. The quantitative estimate of drug-likeness (QED) is 0.913. The van der Waals surface area contributed by atoms with Crippen LogP contribution in [0.1, 0.15) is 17.3 Å². The van der Waals surface area contributed by atoms with Crippen molar-refractivity contribution in [2.45, 2.75) is 13.5 Å². The Morgan fingerprint density at radius 2 is 2.11 bits per heavy atom. The molecule has 0 saturated carbocycles. The molecule has 0 aliphatic heterocycles. The number of aromatic carboxylic acids is 1. The molecule has 94 valence electrons. The van der Waals surface area contributed by atoms with Gasteiger partial charge in [-0.15, -0.1) is 0 Å². The van der Waals surface area contributed by atoms with Crippen molar-refractivity contribution < 1.29 is 18.7 Å². The Bertz CT molecular complexity index is 608. The molecule has 0 radical (unpaired) electrons. The maximum absolute atomic E-state index is 13.7. The topological polar surface area (TPSA) is 55.1 Å². The number of aromatic nitrogens is 2. The predicted octanol–water partition coefficient (Wildman–Crippen LogP) is 2.55. The van der Waals surface area contributed by atoms with Crippen molar-refractivity contribution in [2.24, 2.45) is 0 Å². The second-order valence-corrected chi connectivity index (χ2v) is 3.68. The van der Waals surface area contributed by atoms with Gasteiger partial charge < -0.3 is 5.11 Å². The number of carboxylic acids is 1. The summed E-state index contributed by atoms with van der Waals surface area (Å²) in [6.07, 6.45) is 2.97. The fraction of sp³-hybridized carbons (Fsp3) is 0.167. The third kappa shape index (κ3) is 1.97. The number of rotatable bonds is 3. The van der Waals surface area contributed by atoms with Crippen LogP contribution >= 0.6 is 0 Å². The van der Waals surface area contributed by atoms with E-state index in [2.05, 4.69) is 5.10 Å². The summed E-state index contributed by atoms with van der Waals surface area (Å²) in [4.78, 5) is 10.6. The molecule has 4 nitrogen and oxygen atoms in total. The summed E-state index contributed by atoms with van der Waals surface area (Å²) in [6.45, 7) is 2.47. The van der Waals surface area contributed by atoms with E-state index in [0.717, 1.165) is 6.07 Å². The van der Waals surface area contributed by atoms with Gasteiger partial charge in [0, 0.05) is 23.9 Å². The number of aryl methyl sites for hydroxylation is 1. The summed E-state index contributed by atoms with van der Waals surface area (Å²) in [5.41, 5.74) is -0.276. The van der Waals surface area contributed by atoms with Crippen LogP contribution in [-0.4, -0.2) is 20.9 Å². The van der Waals surface area contributed by atoms with Gasteiger partial charge in [0.15, 0.2) is 11.6 Å². The van der Waals surface area contributed by atoms with E-state index >= 15 is 0 Å². The molecule has 0 atom stereocenters. The Morgan fingerprint density at radius 3 is 2.67 bits per heavy atom. The molecule has 0 spiro atoms. The van der Waals surface area contributed by atoms with Gasteiger partial charge in [-0.1, -0.05) is 6.07 Å². The number of carboxylic acid groups (broad SMARTS) is 1. The first-order chi connectivity index (χ1) is 8.54. The number of carbonyl (C=O) groups is 1. The number of benzene rings is 1. The number of hydrogen-bond acceptors (Lipinski definition) is 2. The van der Waals surface area contributed by atoms with Crippen LogP contribution in [0.2, 0.25) is 0 Å². The maximum Gasteiger partial charge on any atom is 0.338 e. The molecule has 0 aliphatic carbocycles. The number of halogens is 2. The minimum Gasteiger partial charge on any atom is -0.478 e. The molecule has 0 saturated heterocycles. The van der Waals surface area contributed by atoms with E-state index in [1.807, 2.05) is 6.92 Å². The third-order valence-corrected chi connectivity index (χ3v) is 2.58. The van der Waals surface area contributed by atoms with Crippen LogP contribution in [0.4, 0.5) is 8.78 Å². The molecule has 0 fully saturated rings. The van der Waals surface area contributed by atoms with Gasteiger partial charge in [-0.25, -0.2) is 13.6 Å². The zero-order chi connectivity index (χ0) is 13.3. The van der Waals surface area contributed by atoms with Gasteiger partial charge in [-0.3, -0.25) is 4.68 Å². The van der Waals surface area contributed by atoms with Gasteiger partial charge in [-0.2, -0.15) is 5.10 Å². The lowest BCUT2D eigenvalue weighted by Crippen LogP contribution is -2.03. The zero-order valence-electron chi connectivity index (χ0n) is 9.52. The second kappa shape index (κ2) is 4.56. The Labute approximate surface area is 101 Å². The lowest BCUT2D eigenvalue weighted by molar-refractivity contribution is 0.0690. The van der Waals surface area contributed by atoms with Crippen molar-refractivity contribution in [3.63, 3.8) is 0 Å². The summed E-state index contributed by atoms with van der Waals surface area (Å²) < 4.78 is 28.8. The van der Waals surface area contributed by atoms with E-state index in [4.69, 9.17) is 5.11 Å². The highest BCUT2D eigenvalue weighted by Gasteiger charge is 2.19. The van der Waals surface area contributed by atoms with Crippen molar-refractivity contribution in [2.75, 3.05) is 0 Å². The predicted molar refractivity (Wildman–Crippen MR) is 60.2 cm³/mol. The smallest absolute Gasteiger partial charge is 0.338 e. The third-order valence-electron chi connectivity index (χ3n) is 2.58. The van der Waals surface area contributed by atoms with Crippen molar-refractivity contribution in [3.05, 3.63) is 41.7 Å². The van der Waals surface area contributed by atoms with Crippen molar-refractivity contribution >= 4 is 5.97 Å². The summed E-state index contributed by atoms with van der Waals surface area (Å²) in [7, 11) is 0. The highest BCUT2D eigenvalue weighted by atomic mass is 19.2. The fourth-order valence-corrected chi connectivity index (χ4v) is 1.61. The SMILES string of the molecule is CCn1cc(-c2ccc(C(=O)O)c(F)c2F)cn1.